The highest BCUT2D eigenvalue weighted by atomic mass is 35.5. The fourth-order valence-electron chi connectivity index (χ4n) is 2.39. The van der Waals surface area contributed by atoms with Crippen LogP contribution in [0.2, 0.25) is 5.02 Å². The first-order chi connectivity index (χ1) is 12.4. The Morgan fingerprint density at radius 2 is 1.88 bits per heavy atom. The zero-order valence-corrected chi connectivity index (χ0v) is 16.6. The molecule has 1 unspecified atom stereocenters. The van der Waals surface area contributed by atoms with Gasteiger partial charge in [-0.2, -0.15) is 0 Å². The van der Waals surface area contributed by atoms with Crippen molar-refractivity contribution in [2.75, 3.05) is 30.5 Å². The molecule has 138 valence electrons. The number of carbonyl (C=O) groups is 2. The Kier molecular flexibility index (Phi) is 7.50. The minimum absolute atomic E-state index is 0.133. The lowest BCUT2D eigenvalue weighted by Crippen LogP contribution is -3.14. The van der Waals surface area contributed by atoms with E-state index in [-0.39, 0.29) is 18.4 Å². The van der Waals surface area contributed by atoms with E-state index in [1.54, 1.807) is 43.0 Å². The molecule has 2 aromatic carbocycles. The van der Waals surface area contributed by atoms with Gasteiger partial charge in [-0.3, -0.25) is 9.59 Å². The number of rotatable bonds is 7. The molecule has 26 heavy (non-hydrogen) atoms. The summed E-state index contributed by atoms with van der Waals surface area (Å²) in [5.74, 6) is -0.298. The first kappa shape index (κ1) is 20.3. The SMILES string of the molecule is CSc1ccccc1NC(=O)C[NH+](C)[C@H](C)C(=O)Nc1cccc(Cl)c1. The van der Waals surface area contributed by atoms with E-state index in [2.05, 4.69) is 10.6 Å². The molecular formula is C19H23ClN3O2S+. The van der Waals surface area contributed by atoms with Gasteiger partial charge in [0.25, 0.3) is 11.8 Å². The number of nitrogens with one attached hydrogen (secondary N) is 3. The Balaban J connectivity index is 1.92. The van der Waals surface area contributed by atoms with Gasteiger partial charge in [-0.15, -0.1) is 11.8 Å². The number of hydrogen-bond donors (Lipinski definition) is 3. The zero-order valence-electron chi connectivity index (χ0n) is 15.0. The lowest BCUT2D eigenvalue weighted by molar-refractivity contribution is -0.885. The topological polar surface area (TPSA) is 62.6 Å². The zero-order chi connectivity index (χ0) is 19.1. The normalized spacial score (nSPS) is 12.9. The van der Waals surface area contributed by atoms with Gasteiger partial charge < -0.3 is 15.5 Å². The minimum Gasteiger partial charge on any atom is -0.321 e. The van der Waals surface area contributed by atoms with Crippen LogP contribution in [0.15, 0.2) is 53.4 Å². The van der Waals surface area contributed by atoms with E-state index in [0.29, 0.717) is 10.7 Å². The Bertz CT molecular complexity index is 785. The second-order valence-electron chi connectivity index (χ2n) is 5.99. The third-order valence-electron chi connectivity index (χ3n) is 4.05. The van der Waals surface area contributed by atoms with Crippen LogP contribution in [0.5, 0.6) is 0 Å². The minimum atomic E-state index is -0.393. The van der Waals surface area contributed by atoms with Crippen LogP contribution in [0.1, 0.15) is 6.92 Å². The number of halogens is 1. The van der Waals surface area contributed by atoms with Crippen LogP contribution in [0.3, 0.4) is 0 Å². The number of likely N-dealkylation sites (N-methyl/N-ethyl adjacent to an activating group) is 1. The number of thioether (sulfide) groups is 1. The molecule has 5 nitrogen and oxygen atoms in total. The Hall–Kier alpha value is -2.02. The molecule has 0 radical (unpaired) electrons. The van der Waals surface area contributed by atoms with Gasteiger partial charge in [0.15, 0.2) is 12.6 Å². The van der Waals surface area contributed by atoms with Crippen LogP contribution < -0.4 is 15.5 Å². The van der Waals surface area contributed by atoms with Crippen molar-refractivity contribution in [3.63, 3.8) is 0 Å². The molecule has 0 heterocycles. The Morgan fingerprint density at radius 1 is 1.15 bits per heavy atom. The highest BCUT2D eigenvalue weighted by molar-refractivity contribution is 7.98. The van der Waals surface area contributed by atoms with Crippen molar-refractivity contribution in [1.82, 2.24) is 0 Å². The van der Waals surface area contributed by atoms with Crippen LogP contribution in [0.25, 0.3) is 0 Å². The van der Waals surface area contributed by atoms with Gasteiger partial charge in [-0.25, -0.2) is 0 Å². The number of quaternary nitrogens is 1. The fourth-order valence-corrected chi connectivity index (χ4v) is 3.13. The monoisotopic (exact) mass is 392 g/mol. The predicted molar refractivity (Wildman–Crippen MR) is 108 cm³/mol. The maximum absolute atomic E-state index is 12.4. The van der Waals surface area contributed by atoms with Crippen molar-refractivity contribution in [2.45, 2.75) is 17.9 Å². The molecule has 0 fully saturated rings. The Morgan fingerprint density at radius 3 is 2.58 bits per heavy atom. The molecule has 2 aromatic rings. The van der Waals surface area contributed by atoms with Gasteiger partial charge in [-0.1, -0.05) is 29.8 Å². The molecule has 0 aromatic heterocycles. The lowest BCUT2D eigenvalue weighted by atomic mass is 10.2. The van der Waals surface area contributed by atoms with E-state index in [1.165, 1.54) is 0 Å². The van der Waals surface area contributed by atoms with Crippen molar-refractivity contribution in [3.8, 4) is 0 Å². The molecule has 0 aliphatic heterocycles. The summed E-state index contributed by atoms with van der Waals surface area (Å²) < 4.78 is 0. The van der Waals surface area contributed by atoms with Crippen molar-refractivity contribution in [1.29, 1.82) is 0 Å². The van der Waals surface area contributed by atoms with E-state index in [4.69, 9.17) is 11.6 Å². The van der Waals surface area contributed by atoms with Crippen molar-refractivity contribution < 1.29 is 14.5 Å². The van der Waals surface area contributed by atoms with Gasteiger partial charge in [0.2, 0.25) is 0 Å². The summed E-state index contributed by atoms with van der Waals surface area (Å²) in [6.45, 7) is 1.98. The second kappa shape index (κ2) is 9.62. The third-order valence-corrected chi connectivity index (χ3v) is 5.08. The molecule has 0 bridgehead atoms. The summed E-state index contributed by atoms with van der Waals surface area (Å²) in [4.78, 5) is 26.5. The van der Waals surface area contributed by atoms with Crippen molar-refractivity contribution in [3.05, 3.63) is 53.6 Å². The maximum Gasteiger partial charge on any atom is 0.282 e. The summed E-state index contributed by atoms with van der Waals surface area (Å²) in [5, 5.41) is 6.30. The molecule has 7 heteroatoms. The summed E-state index contributed by atoms with van der Waals surface area (Å²) >= 11 is 7.50. The van der Waals surface area contributed by atoms with E-state index < -0.39 is 6.04 Å². The molecule has 2 rings (SSSR count). The smallest absolute Gasteiger partial charge is 0.282 e. The largest absolute Gasteiger partial charge is 0.321 e. The van der Waals surface area contributed by atoms with E-state index >= 15 is 0 Å². The highest BCUT2D eigenvalue weighted by Crippen LogP contribution is 2.24. The summed E-state index contributed by atoms with van der Waals surface area (Å²) in [7, 11) is 1.82. The first-order valence-corrected chi connectivity index (χ1v) is 9.82. The van der Waals surface area contributed by atoms with Gasteiger partial charge in [0.1, 0.15) is 0 Å². The molecule has 0 spiro atoms. The van der Waals surface area contributed by atoms with E-state index in [0.717, 1.165) is 15.5 Å². The molecule has 0 saturated heterocycles. The van der Waals surface area contributed by atoms with Gasteiger partial charge in [0.05, 0.1) is 12.7 Å². The third kappa shape index (κ3) is 5.76. The predicted octanol–water partition coefficient (Wildman–Crippen LogP) is 2.54. The van der Waals surface area contributed by atoms with Crippen molar-refractivity contribution in [2.24, 2.45) is 0 Å². The number of benzene rings is 2. The van der Waals surface area contributed by atoms with Crippen LogP contribution in [0, 0.1) is 0 Å². The van der Waals surface area contributed by atoms with Gasteiger partial charge in [0, 0.05) is 15.6 Å². The molecule has 0 aliphatic carbocycles. The fraction of sp³-hybridized carbons (Fsp3) is 0.263. The molecule has 2 amide bonds. The van der Waals surface area contributed by atoms with Crippen LogP contribution in [0.4, 0.5) is 11.4 Å². The van der Waals surface area contributed by atoms with Crippen LogP contribution in [-0.4, -0.2) is 37.7 Å². The second-order valence-corrected chi connectivity index (χ2v) is 7.28. The quantitative estimate of drug-likeness (QED) is 0.634. The molecule has 0 saturated carbocycles. The molecule has 3 N–H and O–H groups in total. The number of para-hydroxylation sites is 1. The molecule has 0 aliphatic rings. The number of anilines is 2. The molecular weight excluding hydrogens is 370 g/mol. The standard InChI is InChI=1S/C19H22ClN3O2S/c1-13(19(25)21-15-8-6-7-14(20)11-15)23(2)12-18(24)22-16-9-4-5-10-17(16)26-3/h4-11,13H,12H2,1-3H3,(H,21,25)(H,22,24)/p+1/t13-/m1/s1. The summed E-state index contributed by atoms with van der Waals surface area (Å²) in [5.41, 5.74) is 1.43. The van der Waals surface area contributed by atoms with Crippen LogP contribution in [-0.2, 0) is 9.59 Å². The van der Waals surface area contributed by atoms with Crippen LogP contribution >= 0.6 is 23.4 Å². The first-order valence-electron chi connectivity index (χ1n) is 8.22. The average molecular weight is 393 g/mol. The van der Waals surface area contributed by atoms with E-state index in [1.807, 2.05) is 37.6 Å². The summed E-state index contributed by atoms with van der Waals surface area (Å²) in [6, 6.07) is 14.2. The average Bonchev–Trinajstić information content (AvgIpc) is 2.61. The van der Waals surface area contributed by atoms with Gasteiger partial charge in [-0.05, 0) is 43.5 Å². The number of hydrogen-bond acceptors (Lipinski definition) is 3. The lowest BCUT2D eigenvalue weighted by Gasteiger charge is -2.21. The highest BCUT2D eigenvalue weighted by Gasteiger charge is 2.24. The number of amides is 2. The maximum atomic E-state index is 12.4. The summed E-state index contributed by atoms with van der Waals surface area (Å²) in [6.07, 6.45) is 1.96. The Labute approximate surface area is 163 Å². The molecule has 2 atom stereocenters. The van der Waals surface area contributed by atoms with Gasteiger partial charge >= 0.3 is 0 Å². The van der Waals surface area contributed by atoms with E-state index in [9.17, 15) is 9.59 Å². The number of carbonyl (C=O) groups excluding carboxylic acids is 2. The van der Waals surface area contributed by atoms with Crippen molar-refractivity contribution >= 4 is 46.6 Å².